The van der Waals surface area contributed by atoms with Crippen LogP contribution >= 0.6 is 0 Å². The first-order valence-corrected chi connectivity index (χ1v) is 5.76. The lowest BCUT2D eigenvalue weighted by atomic mass is 10.3. The van der Waals surface area contributed by atoms with Crippen molar-refractivity contribution in [3.8, 4) is 5.75 Å². The van der Waals surface area contributed by atoms with Gasteiger partial charge in [-0.3, -0.25) is 0 Å². The molecule has 0 N–H and O–H groups in total. The summed E-state index contributed by atoms with van der Waals surface area (Å²) in [4.78, 5) is 0. The third kappa shape index (κ3) is 2.32. The van der Waals surface area contributed by atoms with Gasteiger partial charge in [0.2, 0.25) is 9.76 Å². The first kappa shape index (κ1) is 8.32. The fourth-order valence-corrected chi connectivity index (χ4v) is 2.35. The van der Waals surface area contributed by atoms with Crippen LogP contribution in [0.25, 0.3) is 0 Å². The number of hydrogen-bond acceptors (Lipinski definition) is 1. The van der Waals surface area contributed by atoms with Crippen molar-refractivity contribution >= 4 is 9.76 Å². The molecular formula is C11H12OSi. The van der Waals surface area contributed by atoms with Crippen molar-refractivity contribution < 1.29 is 4.43 Å². The highest BCUT2D eigenvalue weighted by Crippen LogP contribution is 2.12. The Labute approximate surface area is 80.7 Å². The Kier molecular flexibility index (Phi) is 2.62. The maximum atomic E-state index is 5.72. The Morgan fingerprint density at radius 3 is 2.69 bits per heavy atom. The molecule has 1 nitrogen and oxygen atoms in total. The van der Waals surface area contributed by atoms with E-state index in [4.69, 9.17) is 4.43 Å². The Morgan fingerprint density at radius 1 is 1.15 bits per heavy atom. The predicted molar refractivity (Wildman–Crippen MR) is 57.5 cm³/mol. The quantitative estimate of drug-likeness (QED) is 0.659. The highest BCUT2D eigenvalue weighted by Gasteiger charge is 2.01. The molecule has 1 aromatic rings. The Balaban J connectivity index is 1.87. The summed E-state index contributed by atoms with van der Waals surface area (Å²) in [6.45, 7) is 0. The molecule has 2 heteroatoms. The van der Waals surface area contributed by atoms with Crippen LogP contribution in [0.5, 0.6) is 5.75 Å². The van der Waals surface area contributed by atoms with Gasteiger partial charge in [-0.1, -0.05) is 36.4 Å². The zero-order valence-corrected chi connectivity index (χ0v) is 8.86. The summed E-state index contributed by atoms with van der Waals surface area (Å²) in [5.74, 6) is 1.00. The van der Waals surface area contributed by atoms with Crippen molar-refractivity contribution in [2.75, 3.05) is 0 Å². The van der Waals surface area contributed by atoms with Crippen LogP contribution in [0.15, 0.2) is 53.8 Å². The molecular weight excluding hydrogens is 176 g/mol. The third-order valence-electron chi connectivity index (χ3n) is 2.02. The van der Waals surface area contributed by atoms with Crippen LogP contribution in [0.1, 0.15) is 6.42 Å². The summed E-state index contributed by atoms with van der Waals surface area (Å²) >= 11 is 0. The fourth-order valence-electron chi connectivity index (χ4n) is 1.29. The molecule has 0 unspecified atom stereocenters. The molecule has 0 fully saturated rings. The van der Waals surface area contributed by atoms with E-state index < -0.39 is 9.76 Å². The summed E-state index contributed by atoms with van der Waals surface area (Å²) in [6.07, 6.45) is 7.56. The van der Waals surface area contributed by atoms with E-state index in [1.54, 1.807) is 0 Å². The van der Waals surface area contributed by atoms with Crippen molar-refractivity contribution in [2.45, 2.75) is 6.42 Å². The molecule has 0 saturated heterocycles. The average molecular weight is 188 g/mol. The van der Waals surface area contributed by atoms with E-state index >= 15 is 0 Å². The number of benzene rings is 1. The zero-order valence-electron chi connectivity index (χ0n) is 7.44. The zero-order chi connectivity index (χ0) is 8.93. The van der Waals surface area contributed by atoms with E-state index in [9.17, 15) is 0 Å². The first-order chi connectivity index (χ1) is 6.45. The molecule has 0 spiro atoms. The fraction of sp³-hybridized carbons (Fsp3) is 0.0909. The maximum absolute atomic E-state index is 5.72. The second-order valence-electron chi connectivity index (χ2n) is 3.06. The number of hydrogen-bond donors (Lipinski definition) is 0. The van der Waals surface area contributed by atoms with Crippen LogP contribution in [0.4, 0.5) is 0 Å². The Bertz CT molecular complexity index is 327. The molecule has 1 aromatic carbocycles. The van der Waals surface area contributed by atoms with E-state index in [1.165, 1.54) is 5.20 Å². The second kappa shape index (κ2) is 4.10. The van der Waals surface area contributed by atoms with Crippen molar-refractivity contribution in [1.29, 1.82) is 0 Å². The molecule has 0 amide bonds. The van der Waals surface area contributed by atoms with Crippen LogP contribution in [-0.4, -0.2) is 9.76 Å². The van der Waals surface area contributed by atoms with Crippen LogP contribution in [0.2, 0.25) is 0 Å². The van der Waals surface area contributed by atoms with Gasteiger partial charge in [-0.25, -0.2) is 0 Å². The molecule has 2 rings (SSSR count). The van der Waals surface area contributed by atoms with Gasteiger partial charge >= 0.3 is 0 Å². The van der Waals surface area contributed by atoms with E-state index in [-0.39, 0.29) is 0 Å². The minimum atomic E-state index is -0.512. The van der Waals surface area contributed by atoms with Gasteiger partial charge in [-0.15, -0.1) is 0 Å². The van der Waals surface area contributed by atoms with Crippen molar-refractivity contribution in [1.82, 2.24) is 0 Å². The van der Waals surface area contributed by atoms with E-state index in [0.29, 0.717) is 0 Å². The largest absolute Gasteiger partial charge is 0.545 e. The van der Waals surface area contributed by atoms with Gasteiger partial charge in [-0.2, -0.15) is 0 Å². The standard InChI is InChI=1S/C11H12OSi/c1-2-6-10(7-3-1)12-13-11-8-4-5-9-11/h1-8H,9,13H2. The molecule has 0 aliphatic heterocycles. The van der Waals surface area contributed by atoms with Gasteiger partial charge in [0, 0.05) is 0 Å². The topological polar surface area (TPSA) is 9.23 Å². The number of para-hydroxylation sites is 1. The van der Waals surface area contributed by atoms with Gasteiger partial charge in [0.15, 0.2) is 0 Å². The van der Waals surface area contributed by atoms with Crippen LogP contribution in [0.3, 0.4) is 0 Å². The van der Waals surface area contributed by atoms with Gasteiger partial charge in [-0.05, 0) is 23.7 Å². The van der Waals surface area contributed by atoms with Crippen LogP contribution in [-0.2, 0) is 0 Å². The van der Waals surface area contributed by atoms with Gasteiger partial charge < -0.3 is 4.43 Å². The SMILES string of the molecule is C1=CCC([SiH2]Oc2ccccc2)=C1. The van der Waals surface area contributed by atoms with Crippen molar-refractivity contribution in [3.63, 3.8) is 0 Å². The molecule has 13 heavy (non-hydrogen) atoms. The molecule has 1 aliphatic rings. The molecule has 0 radical (unpaired) electrons. The monoisotopic (exact) mass is 188 g/mol. The van der Waals surface area contributed by atoms with E-state index in [0.717, 1.165) is 12.2 Å². The second-order valence-corrected chi connectivity index (χ2v) is 4.54. The lowest BCUT2D eigenvalue weighted by Crippen LogP contribution is -2.04. The first-order valence-electron chi connectivity index (χ1n) is 4.47. The molecule has 0 saturated carbocycles. The highest BCUT2D eigenvalue weighted by molar-refractivity contribution is 6.39. The summed E-state index contributed by atoms with van der Waals surface area (Å²) in [7, 11) is -0.512. The van der Waals surface area contributed by atoms with Crippen molar-refractivity contribution in [2.24, 2.45) is 0 Å². The van der Waals surface area contributed by atoms with Gasteiger partial charge in [0.25, 0.3) is 0 Å². The van der Waals surface area contributed by atoms with Crippen LogP contribution < -0.4 is 4.43 Å². The molecule has 1 aliphatic carbocycles. The summed E-state index contributed by atoms with van der Waals surface area (Å²) in [6, 6.07) is 10.0. The van der Waals surface area contributed by atoms with Crippen LogP contribution in [0, 0.1) is 0 Å². The summed E-state index contributed by atoms with van der Waals surface area (Å²) in [5, 5.41) is 1.48. The number of rotatable bonds is 3. The lowest BCUT2D eigenvalue weighted by Gasteiger charge is -2.05. The van der Waals surface area contributed by atoms with E-state index in [2.05, 4.69) is 18.2 Å². The third-order valence-corrected chi connectivity index (χ3v) is 3.39. The Morgan fingerprint density at radius 2 is 2.00 bits per heavy atom. The summed E-state index contributed by atoms with van der Waals surface area (Å²) in [5.41, 5.74) is 0. The van der Waals surface area contributed by atoms with Gasteiger partial charge in [0.05, 0.1) is 0 Å². The Hall–Kier alpha value is -1.28. The number of allylic oxidation sites excluding steroid dienone is 4. The normalized spacial score (nSPS) is 15.2. The van der Waals surface area contributed by atoms with Gasteiger partial charge in [0.1, 0.15) is 5.75 Å². The molecule has 0 bridgehead atoms. The van der Waals surface area contributed by atoms with Crippen molar-refractivity contribution in [3.05, 3.63) is 53.8 Å². The molecule has 66 valence electrons. The predicted octanol–water partition coefficient (Wildman–Crippen LogP) is 1.99. The minimum absolute atomic E-state index is 0.512. The molecule has 0 aromatic heterocycles. The average Bonchev–Trinajstić information content (AvgIpc) is 2.69. The van der Waals surface area contributed by atoms with E-state index in [1.807, 2.05) is 30.3 Å². The highest BCUT2D eigenvalue weighted by atomic mass is 28.2. The smallest absolute Gasteiger partial charge is 0.247 e. The maximum Gasteiger partial charge on any atom is 0.247 e. The lowest BCUT2D eigenvalue weighted by molar-refractivity contribution is 0.600. The molecule has 0 heterocycles. The minimum Gasteiger partial charge on any atom is -0.545 e. The molecule has 0 atom stereocenters. The summed E-state index contributed by atoms with van der Waals surface area (Å²) < 4.78 is 5.72.